The Balaban J connectivity index is 1.98. The number of aryl methyl sites for hydroxylation is 1. The first-order valence-corrected chi connectivity index (χ1v) is 5.98. The van der Waals surface area contributed by atoms with E-state index in [-0.39, 0.29) is 4.65 Å². The minimum atomic E-state index is -0.0871. The molecule has 2 heterocycles. The van der Waals surface area contributed by atoms with Gasteiger partial charge in [-0.2, -0.15) is 0 Å². The molecule has 1 N–H and O–H groups in total. The monoisotopic (exact) mass is 218 g/mol. The van der Waals surface area contributed by atoms with Gasteiger partial charge in [-0.3, -0.25) is 0 Å². The number of nitrogens with zero attached hydrogens (tertiary/aromatic N) is 1. The third-order valence-electron chi connectivity index (χ3n) is 3.93. The van der Waals surface area contributed by atoms with Crippen LogP contribution in [-0.2, 0) is 0 Å². The zero-order chi connectivity index (χ0) is 11.3. The van der Waals surface area contributed by atoms with Crippen LogP contribution in [0.3, 0.4) is 0 Å². The second-order valence-corrected chi connectivity index (χ2v) is 5.44. The highest BCUT2D eigenvalue weighted by Crippen LogP contribution is 2.41. The molecule has 1 saturated heterocycles. The quantitative estimate of drug-likeness (QED) is 0.535. The molecule has 0 radical (unpaired) electrons. The van der Waals surface area contributed by atoms with E-state index in [1.165, 1.54) is 16.8 Å². The fourth-order valence-corrected chi connectivity index (χ4v) is 3.06. The summed E-state index contributed by atoms with van der Waals surface area (Å²) in [4.78, 5) is 0. The molecule has 0 spiro atoms. The Morgan fingerprint density at radius 2 is 2.25 bits per heavy atom. The molecule has 0 aromatic heterocycles. The molecular formula is C13H18N2O. The van der Waals surface area contributed by atoms with Gasteiger partial charge in [-0.05, 0) is 18.6 Å². The number of benzene rings is 1. The Kier molecular flexibility index (Phi) is 2.03. The van der Waals surface area contributed by atoms with E-state index in [2.05, 4.69) is 30.4 Å². The topological polar surface area (TPSA) is 35.1 Å². The average Bonchev–Trinajstić information content (AvgIpc) is 2.55. The van der Waals surface area contributed by atoms with Crippen molar-refractivity contribution in [1.82, 2.24) is 0 Å². The number of likely N-dealkylation sites (tertiary alicyclic amines) is 1. The number of likely N-dealkylation sites (N-methyl/N-ethyl adjacent to an activating group) is 1. The summed E-state index contributed by atoms with van der Waals surface area (Å²) in [5.74, 6) is 0.408. The fraction of sp³-hybridized carbons (Fsp3) is 0.538. The summed E-state index contributed by atoms with van der Waals surface area (Å²) < 4.78 is -0.0871. The van der Waals surface area contributed by atoms with E-state index in [0.29, 0.717) is 18.5 Å². The number of quaternary nitrogens is 1. The van der Waals surface area contributed by atoms with Crippen LogP contribution in [0.4, 0.5) is 5.69 Å². The average molecular weight is 218 g/mol. The van der Waals surface area contributed by atoms with Gasteiger partial charge in [-0.1, -0.05) is 17.7 Å². The smallest absolute Gasteiger partial charge is 0.0872 e. The van der Waals surface area contributed by atoms with Crippen molar-refractivity contribution in [3.63, 3.8) is 0 Å². The lowest BCUT2D eigenvalue weighted by Gasteiger charge is -2.46. The Morgan fingerprint density at radius 1 is 1.44 bits per heavy atom. The van der Waals surface area contributed by atoms with Gasteiger partial charge in [0, 0.05) is 18.2 Å². The SMILES string of the molecule is Cc1ccc2c(c1)[C@H]1C[N+](C)([O-])CC[C@H]1N2. The van der Waals surface area contributed by atoms with Gasteiger partial charge < -0.3 is 15.2 Å². The van der Waals surface area contributed by atoms with Crippen LogP contribution in [-0.4, -0.2) is 30.8 Å². The van der Waals surface area contributed by atoms with Gasteiger partial charge in [-0.25, -0.2) is 0 Å². The van der Waals surface area contributed by atoms with Gasteiger partial charge in [0.05, 0.1) is 26.1 Å². The van der Waals surface area contributed by atoms with E-state index in [4.69, 9.17) is 0 Å². The van der Waals surface area contributed by atoms with Gasteiger partial charge in [-0.15, -0.1) is 0 Å². The van der Waals surface area contributed by atoms with Gasteiger partial charge in [0.25, 0.3) is 0 Å². The summed E-state index contributed by atoms with van der Waals surface area (Å²) >= 11 is 0. The molecular weight excluding hydrogens is 200 g/mol. The van der Waals surface area contributed by atoms with E-state index in [1.54, 1.807) is 7.05 Å². The van der Waals surface area contributed by atoms with Crippen molar-refractivity contribution in [3.05, 3.63) is 34.5 Å². The maximum Gasteiger partial charge on any atom is 0.0872 e. The van der Waals surface area contributed by atoms with Crippen LogP contribution in [0.5, 0.6) is 0 Å². The number of hydrogen-bond acceptors (Lipinski definition) is 2. The summed E-state index contributed by atoms with van der Waals surface area (Å²) in [5, 5.41) is 15.6. The fourth-order valence-electron chi connectivity index (χ4n) is 3.06. The second-order valence-electron chi connectivity index (χ2n) is 5.44. The maximum atomic E-state index is 12.1. The summed E-state index contributed by atoms with van der Waals surface area (Å²) in [6.45, 7) is 3.57. The summed E-state index contributed by atoms with van der Waals surface area (Å²) in [6, 6.07) is 7.00. The summed E-state index contributed by atoms with van der Waals surface area (Å²) in [7, 11) is 1.80. The highest BCUT2D eigenvalue weighted by atomic mass is 16.5. The van der Waals surface area contributed by atoms with E-state index < -0.39 is 0 Å². The molecule has 1 aromatic carbocycles. The minimum absolute atomic E-state index is 0.0871. The predicted octanol–water partition coefficient (Wildman–Crippen LogP) is 2.22. The number of hydroxylamine groups is 3. The van der Waals surface area contributed by atoms with Crippen LogP contribution in [0.2, 0.25) is 0 Å². The Morgan fingerprint density at radius 3 is 3.06 bits per heavy atom. The number of fused-ring (bicyclic) bond motifs is 3. The van der Waals surface area contributed by atoms with E-state index in [9.17, 15) is 5.21 Å². The van der Waals surface area contributed by atoms with Crippen LogP contribution < -0.4 is 5.32 Å². The van der Waals surface area contributed by atoms with E-state index in [1.807, 2.05) is 0 Å². The molecule has 3 nitrogen and oxygen atoms in total. The molecule has 3 heteroatoms. The molecule has 2 aliphatic heterocycles. The number of rotatable bonds is 0. The van der Waals surface area contributed by atoms with Crippen molar-refractivity contribution in [2.45, 2.75) is 25.3 Å². The van der Waals surface area contributed by atoms with Gasteiger partial charge in [0.15, 0.2) is 0 Å². The minimum Gasteiger partial charge on any atom is -0.633 e. The molecule has 1 aromatic rings. The van der Waals surface area contributed by atoms with Crippen molar-refractivity contribution in [3.8, 4) is 0 Å². The van der Waals surface area contributed by atoms with Crippen molar-refractivity contribution in [2.75, 3.05) is 25.5 Å². The van der Waals surface area contributed by atoms with Crippen LogP contribution >= 0.6 is 0 Å². The Bertz CT molecular complexity index is 428. The van der Waals surface area contributed by atoms with Crippen LogP contribution in [0.1, 0.15) is 23.5 Å². The first kappa shape index (κ1) is 10.1. The molecule has 0 aliphatic carbocycles. The largest absolute Gasteiger partial charge is 0.633 e. The molecule has 3 atom stereocenters. The lowest BCUT2D eigenvalue weighted by atomic mass is 9.89. The lowest BCUT2D eigenvalue weighted by molar-refractivity contribution is -0.867. The Labute approximate surface area is 96.2 Å². The molecule has 16 heavy (non-hydrogen) atoms. The van der Waals surface area contributed by atoms with Crippen LogP contribution in [0.15, 0.2) is 18.2 Å². The summed E-state index contributed by atoms with van der Waals surface area (Å²) in [6.07, 6.45) is 0.985. The van der Waals surface area contributed by atoms with Gasteiger partial charge in [0.2, 0.25) is 0 Å². The van der Waals surface area contributed by atoms with Crippen LogP contribution in [0.25, 0.3) is 0 Å². The molecule has 1 unspecified atom stereocenters. The number of piperidine rings is 1. The molecule has 3 rings (SSSR count). The predicted molar refractivity (Wildman–Crippen MR) is 65.2 cm³/mol. The standard InChI is InChI=1S/C13H18N2O/c1-9-3-4-12-10(7-9)11-8-15(2,16)6-5-13(11)14-12/h3-4,7,11,13-14H,5-6,8H2,1-2H3/t11-,13-,15?/m1/s1. The Hall–Kier alpha value is -1.06. The normalized spacial score (nSPS) is 36.4. The van der Waals surface area contributed by atoms with Gasteiger partial charge >= 0.3 is 0 Å². The second kappa shape index (κ2) is 3.22. The zero-order valence-electron chi connectivity index (χ0n) is 9.86. The first-order valence-electron chi connectivity index (χ1n) is 5.98. The lowest BCUT2D eigenvalue weighted by Crippen LogP contribution is -2.50. The third kappa shape index (κ3) is 1.51. The van der Waals surface area contributed by atoms with Crippen molar-refractivity contribution in [2.24, 2.45) is 0 Å². The molecule has 0 bridgehead atoms. The zero-order valence-corrected chi connectivity index (χ0v) is 9.86. The number of nitrogens with one attached hydrogen (secondary N) is 1. The van der Waals surface area contributed by atoms with Crippen LogP contribution in [0, 0.1) is 12.1 Å². The highest BCUT2D eigenvalue weighted by molar-refractivity contribution is 5.60. The summed E-state index contributed by atoms with van der Waals surface area (Å²) in [5.41, 5.74) is 3.87. The molecule has 0 saturated carbocycles. The van der Waals surface area contributed by atoms with E-state index >= 15 is 0 Å². The van der Waals surface area contributed by atoms with Crippen molar-refractivity contribution >= 4 is 5.69 Å². The highest BCUT2D eigenvalue weighted by Gasteiger charge is 2.39. The molecule has 0 amide bonds. The maximum absolute atomic E-state index is 12.1. The van der Waals surface area contributed by atoms with E-state index in [0.717, 1.165) is 13.0 Å². The molecule has 86 valence electrons. The van der Waals surface area contributed by atoms with Gasteiger partial charge in [0.1, 0.15) is 0 Å². The first-order chi connectivity index (χ1) is 7.55. The van der Waals surface area contributed by atoms with Crippen molar-refractivity contribution < 1.29 is 4.65 Å². The molecule has 1 fully saturated rings. The number of hydrogen-bond donors (Lipinski definition) is 1. The molecule has 2 aliphatic rings. The third-order valence-corrected chi connectivity index (χ3v) is 3.93. The van der Waals surface area contributed by atoms with Crippen molar-refractivity contribution in [1.29, 1.82) is 0 Å². The number of anilines is 1.